The molecule has 1 heterocycles. The van der Waals surface area contributed by atoms with Crippen molar-refractivity contribution in [3.05, 3.63) is 11.1 Å². The smallest absolute Gasteiger partial charge is 0.306 e. The van der Waals surface area contributed by atoms with Gasteiger partial charge in [0.15, 0.2) is 0 Å². The van der Waals surface area contributed by atoms with Crippen LogP contribution in [0.5, 0.6) is 0 Å². The molecule has 2 rings (SSSR count). The van der Waals surface area contributed by atoms with Gasteiger partial charge in [-0.15, -0.1) is 0 Å². The number of carbonyl (C=O) groups is 1. The van der Waals surface area contributed by atoms with E-state index in [1.165, 1.54) is 11.1 Å². The maximum absolute atomic E-state index is 10.7. The van der Waals surface area contributed by atoms with Crippen LogP contribution in [0.25, 0.3) is 0 Å². The highest BCUT2D eigenvalue weighted by molar-refractivity contribution is 5.68. The Bertz CT molecular complexity index is 306. The molecule has 0 fully saturated rings. The van der Waals surface area contributed by atoms with E-state index in [-0.39, 0.29) is 18.6 Å². The number of rotatable bonds is 2. The quantitative estimate of drug-likeness (QED) is 0.712. The highest BCUT2D eigenvalue weighted by Crippen LogP contribution is 2.41. The Morgan fingerprint density at radius 2 is 2.13 bits per heavy atom. The summed E-state index contributed by atoms with van der Waals surface area (Å²) in [7, 11) is 0. The molecule has 84 valence electrons. The highest BCUT2D eigenvalue weighted by Gasteiger charge is 2.34. The summed E-state index contributed by atoms with van der Waals surface area (Å²) in [5.74, 6) is -0.0966. The van der Waals surface area contributed by atoms with Crippen molar-refractivity contribution in [1.82, 2.24) is 0 Å². The van der Waals surface area contributed by atoms with Crippen molar-refractivity contribution in [2.24, 2.45) is 5.92 Å². The molecule has 3 unspecified atom stereocenters. The lowest BCUT2D eigenvalue weighted by Gasteiger charge is -2.29. The van der Waals surface area contributed by atoms with E-state index in [4.69, 9.17) is 9.84 Å². The van der Waals surface area contributed by atoms with E-state index in [0.717, 1.165) is 19.3 Å². The lowest BCUT2D eigenvalue weighted by Crippen LogP contribution is -2.29. The van der Waals surface area contributed by atoms with Crippen LogP contribution in [0.3, 0.4) is 0 Å². The van der Waals surface area contributed by atoms with Gasteiger partial charge in [-0.3, -0.25) is 4.79 Å². The van der Waals surface area contributed by atoms with Crippen molar-refractivity contribution >= 4 is 5.97 Å². The Morgan fingerprint density at radius 1 is 1.40 bits per heavy atom. The number of aliphatic carboxylic acids is 1. The summed E-state index contributed by atoms with van der Waals surface area (Å²) in [5, 5.41) is 8.84. The van der Waals surface area contributed by atoms with Crippen LogP contribution < -0.4 is 0 Å². The zero-order valence-electron chi connectivity index (χ0n) is 9.32. The minimum Gasteiger partial charge on any atom is -0.481 e. The van der Waals surface area contributed by atoms with E-state index in [1.54, 1.807) is 0 Å². The van der Waals surface area contributed by atoms with Gasteiger partial charge >= 0.3 is 5.97 Å². The second-order valence-electron chi connectivity index (χ2n) is 4.88. The monoisotopic (exact) mass is 210 g/mol. The molecule has 1 aliphatic carbocycles. The third-order valence-corrected chi connectivity index (χ3v) is 3.30. The number of hydrogen-bond donors (Lipinski definition) is 1. The maximum Gasteiger partial charge on any atom is 0.306 e. The fraction of sp³-hybridized carbons (Fsp3) is 0.750. The first-order valence-electron chi connectivity index (χ1n) is 5.64. The fourth-order valence-electron chi connectivity index (χ4n) is 2.80. The Balaban J connectivity index is 2.15. The number of ether oxygens (including phenoxy) is 1. The average Bonchev–Trinajstić information content (AvgIpc) is 2.44. The average molecular weight is 210 g/mol. The number of carboxylic acids is 1. The van der Waals surface area contributed by atoms with Crippen LogP contribution in [0.2, 0.25) is 0 Å². The summed E-state index contributed by atoms with van der Waals surface area (Å²) >= 11 is 0. The van der Waals surface area contributed by atoms with Crippen LogP contribution in [0.15, 0.2) is 11.1 Å². The molecule has 0 spiro atoms. The van der Waals surface area contributed by atoms with Gasteiger partial charge in [-0.05, 0) is 37.7 Å². The predicted molar refractivity (Wildman–Crippen MR) is 56.6 cm³/mol. The van der Waals surface area contributed by atoms with Crippen LogP contribution in [0.4, 0.5) is 0 Å². The first-order valence-corrected chi connectivity index (χ1v) is 5.64. The molecule has 2 aliphatic rings. The van der Waals surface area contributed by atoms with Crippen LogP contribution in [0.1, 0.15) is 39.5 Å². The highest BCUT2D eigenvalue weighted by atomic mass is 16.5. The van der Waals surface area contributed by atoms with Gasteiger partial charge < -0.3 is 9.84 Å². The molecule has 0 aromatic heterocycles. The third-order valence-electron chi connectivity index (χ3n) is 3.30. The van der Waals surface area contributed by atoms with E-state index in [9.17, 15) is 4.79 Å². The van der Waals surface area contributed by atoms with E-state index in [1.807, 2.05) is 6.92 Å². The lowest BCUT2D eigenvalue weighted by molar-refractivity contribution is -0.140. The van der Waals surface area contributed by atoms with Crippen LogP contribution in [0, 0.1) is 5.92 Å². The lowest BCUT2D eigenvalue weighted by atomic mass is 9.95. The zero-order chi connectivity index (χ0) is 11.0. The van der Waals surface area contributed by atoms with Crippen molar-refractivity contribution in [1.29, 1.82) is 0 Å². The number of carboxylic acid groups (broad SMARTS) is 1. The minimum atomic E-state index is -0.763. The topological polar surface area (TPSA) is 46.5 Å². The van der Waals surface area contributed by atoms with Crippen molar-refractivity contribution in [3.8, 4) is 0 Å². The summed E-state index contributed by atoms with van der Waals surface area (Å²) in [6.45, 7) is 4.25. The van der Waals surface area contributed by atoms with E-state index in [2.05, 4.69) is 6.92 Å². The van der Waals surface area contributed by atoms with E-state index < -0.39 is 5.97 Å². The first-order chi connectivity index (χ1) is 7.06. The summed E-state index contributed by atoms with van der Waals surface area (Å²) in [5.41, 5.74) is 2.75. The molecule has 0 saturated carbocycles. The third kappa shape index (κ3) is 2.23. The van der Waals surface area contributed by atoms with Crippen LogP contribution >= 0.6 is 0 Å². The largest absolute Gasteiger partial charge is 0.481 e. The first kappa shape index (κ1) is 10.7. The molecule has 0 amide bonds. The molecule has 3 heteroatoms. The van der Waals surface area contributed by atoms with Gasteiger partial charge in [0.25, 0.3) is 0 Å². The van der Waals surface area contributed by atoms with Gasteiger partial charge in [0.1, 0.15) is 0 Å². The fourth-order valence-corrected chi connectivity index (χ4v) is 2.80. The minimum absolute atomic E-state index is 0.121. The van der Waals surface area contributed by atoms with E-state index >= 15 is 0 Å². The molecule has 1 N–H and O–H groups in total. The van der Waals surface area contributed by atoms with E-state index in [0.29, 0.717) is 5.92 Å². The predicted octanol–water partition coefficient (Wildman–Crippen LogP) is 2.37. The summed E-state index contributed by atoms with van der Waals surface area (Å²) in [6.07, 6.45) is 3.30. The molecule has 3 atom stereocenters. The summed E-state index contributed by atoms with van der Waals surface area (Å²) < 4.78 is 5.72. The van der Waals surface area contributed by atoms with Gasteiger partial charge in [-0.25, -0.2) is 0 Å². The van der Waals surface area contributed by atoms with Crippen molar-refractivity contribution in [3.63, 3.8) is 0 Å². The zero-order valence-corrected chi connectivity index (χ0v) is 9.32. The van der Waals surface area contributed by atoms with Crippen molar-refractivity contribution in [2.45, 2.75) is 51.7 Å². The molecular weight excluding hydrogens is 192 g/mol. The van der Waals surface area contributed by atoms with Gasteiger partial charge in [-0.2, -0.15) is 0 Å². The Kier molecular flexibility index (Phi) is 2.83. The van der Waals surface area contributed by atoms with Crippen LogP contribution in [-0.4, -0.2) is 23.3 Å². The molecule has 15 heavy (non-hydrogen) atoms. The Labute approximate surface area is 90.1 Å². The molecule has 0 saturated heterocycles. The SMILES string of the molecule is CC1CC2=C(C1)C(CC(=O)O)OC(C)C2. The molecular formula is C12H18O3. The van der Waals surface area contributed by atoms with Gasteiger partial charge in [0.05, 0.1) is 18.6 Å². The van der Waals surface area contributed by atoms with Crippen molar-refractivity contribution in [2.75, 3.05) is 0 Å². The molecule has 0 bridgehead atoms. The van der Waals surface area contributed by atoms with Gasteiger partial charge in [0.2, 0.25) is 0 Å². The summed E-state index contributed by atoms with van der Waals surface area (Å²) in [4.78, 5) is 10.7. The second kappa shape index (κ2) is 3.97. The number of hydrogen-bond acceptors (Lipinski definition) is 2. The maximum atomic E-state index is 10.7. The van der Waals surface area contributed by atoms with Gasteiger partial charge in [0, 0.05) is 0 Å². The Hall–Kier alpha value is -0.830. The van der Waals surface area contributed by atoms with Crippen molar-refractivity contribution < 1.29 is 14.6 Å². The Morgan fingerprint density at radius 3 is 2.80 bits per heavy atom. The molecule has 3 nitrogen and oxygen atoms in total. The standard InChI is InChI=1S/C12H18O3/c1-7-3-9-5-8(2)15-11(6-12(13)14)10(9)4-7/h7-8,11H,3-6H2,1-2H3,(H,13,14). The normalized spacial score (nSPS) is 35.5. The second-order valence-corrected chi connectivity index (χ2v) is 4.88. The molecule has 0 aromatic carbocycles. The summed E-state index contributed by atoms with van der Waals surface area (Å²) in [6, 6.07) is 0. The van der Waals surface area contributed by atoms with Gasteiger partial charge in [-0.1, -0.05) is 12.5 Å². The molecule has 0 radical (unpaired) electrons. The molecule has 1 aliphatic heterocycles. The van der Waals surface area contributed by atoms with Crippen LogP contribution in [-0.2, 0) is 9.53 Å². The molecule has 0 aromatic rings.